The monoisotopic (exact) mass is 313 g/mol. The molecule has 1 fully saturated rings. The Kier molecular flexibility index (Phi) is 5.03. The lowest BCUT2D eigenvalue weighted by Gasteiger charge is -2.18. The van der Waals surface area contributed by atoms with Gasteiger partial charge >= 0.3 is 11.9 Å². The molecule has 0 saturated carbocycles. The summed E-state index contributed by atoms with van der Waals surface area (Å²) in [5, 5.41) is 18.2. The molecule has 114 valence electrons. The number of carbonyl (C=O) groups is 2. The number of carboxylic acid groups (broad SMARTS) is 2. The Balaban J connectivity index is 2.06. The normalized spacial score (nSPS) is 18.6. The van der Waals surface area contributed by atoms with Gasteiger partial charge in [0.1, 0.15) is 5.75 Å². The summed E-state index contributed by atoms with van der Waals surface area (Å²) in [4.78, 5) is 23.5. The molecule has 7 heteroatoms. The van der Waals surface area contributed by atoms with Crippen LogP contribution in [0.25, 0.3) is 0 Å². The Bertz CT molecular complexity index is 548. The number of halogens is 1. The van der Waals surface area contributed by atoms with Gasteiger partial charge in [0.05, 0.1) is 5.92 Å². The van der Waals surface area contributed by atoms with E-state index in [0.29, 0.717) is 36.8 Å². The molecule has 0 amide bonds. The molecule has 0 bridgehead atoms. The highest BCUT2D eigenvalue weighted by Crippen LogP contribution is 2.27. The van der Waals surface area contributed by atoms with E-state index in [0.717, 1.165) is 5.56 Å². The van der Waals surface area contributed by atoms with Crippen LogP contribution < -0.4 is 4.74 Å². The molecular formula is C14H16ClNO5. The van der Waals surface area contributed by atoms with Crippen LogP contribution in [0, 0.1) is 5.92 Å². The van der Waals surface area contributed by atoms with Crippen LogP contribution in [-0.4, -0.2) is 46.7 Å². The van der Waals surface area contributed by atoms with Gasteiger partial charge in [-0.25, -0.2) is 4.79 Å². The third-order valence-electron chi connectivity index (χ3n) is 3.39. The second kappa shape index (κ2) is 6.78. The minimum absolute atomic E-state index is 0.354. The van der Waals surface area contributed by atoms with Crippen molar-refractivity contribution < 1.29 is 24.5 Å². The lowest BCUT2D eigenvalue weighted by Crippen LogP contribution is -2.23. The van der Waals surface area contributed by atoms with E-state index in [1.54, 1.807) is 18.2 Å². The maximum Gasteiger partial charge on any atom is 0.341 e. The number of likely N-dealkylation sites (tertiary alicyclic amines) is 1. The first kappa shape index (κ1) is 15.6. The number of hydrogen-bond donors (Lipinski definition) is 2. The van der Waals surface area contributed by atoms with Crippen molar-refractivity contribution in [2.24, 2.45) is 5.92 Å². The van der Waals surface area contributed by atoms with Gasteiger partial charge in [-0.05, 0) is 31.2 Å². The number of carboxylic acids is 2. The SMILES string of the molecule is O=C(O)COc1ccc(Cl)cc1CN1CCC(C(=O)O)C1. The van der Waals surface area contributed by atoms with Crippen LogP contribution in [0.2, 0.25) is 5.02 Å². The Morgan fingerprint density at radius 1 is 1.38 bits per heavy atom. The molecule has 6 nitrogen and oxygen atoms in total. The molecule has 2 N–H and O–H groups in total. The molecule has 0 aliphatic carbocycles. The summed E-state index contributed by atoms with van der Waals surface area (Å²) >= 11 is 5.96. The zero-order chi connectivity index (χ0) is 15.4. The third kappa shape index (κ3) is 4.34. The van der Waals surface area contributed by atoms with Gasteiger partial charge in [-0.1, -0.05) is 11.6 Å². The van der Waals surface area contributed by atoms with E-state index in [4.69, 9.17) is 26.6 Å². The maximum atomic E-state index is 11.0. The highest BCUT2D eigenvalue weighted by atomic mass is 35.5. The summed E-state index contributed by atoms with van der Waals surface area (Å²) in [6, 6.07) is 4.98. The molecule has 1 atom stereocenters. The molecule has 1 aromatic carbocycles. The summed E-state index contributed by atoms with van der Waals surface area (Å²) in [6.07, 6.45) is 0.612. The molecule has 0 radical (unpaired) electrons. The fourth-order valence-corrected chi connectivity index (χ4v) is 2.57. The average Bonchev–Trinajstić information content (AvgIpc) is 2.86. The van der Waals surface area contributed by atoms with E-state index in [-0.39, 0.29) is 5.92 Å². The fraction of sp³-hybridized carbons (Fsp3) is 0.429. The average molecular weight is 314 g/mol. The van der Waals surface area contributed by atoms with Crippen molar-refractivity contribution >= 4 is 23.5 Å². The molecule has 1 heterocycles. The van der Waals surface area contributed by atoms with Crippen molar-refractivity contribution in [1.82, 2.24) is 4.90 Å². The molecular weight excluding hydrogens is 298 g/mol. The van der Waals surface area contributed by atoms with Crippen molar-refractivity contribution in [2.45, 2.75) is 13.0 Å². The van der Waals surface area contributed by atoms with Crippen LogP contribution in [-0.2, 0) is 16.1 Å². The standard InChI is InChI=1S/C14H16ClNO5/c15-11-1-2-12(21-8-13(17)18)10(5-11)7-16-4-3-9(6-16)14(19)20/h1-2,5,9H,3-4,6-8H2,(H,17,18)(H,19,20). The number of aliphatic carboxylic acids is 2. The molecule has 1 aliphatic heterocycles. The zero-order valence-electron chi connectivity index (χ0n) is 11.3. The van der Waals surface area contributed by atoms with Crippen molar-refractivity contribution in [3.63, 3.8) is 0 Å². The fourth-order valence-electron chi connectivity index (χ4n) is 2.37. The van der Waals surface area contributed by atoms with Crippen LogP contribution in [0.4, 0.5) is 0 Å². The van der Waals surface area contributed by atoms with Crippen LogP contribution in [0.5, 0.6) is 5.75 Å². The van der Waals surface area contributed by atoms with Crippen LogP contribution in [0.3, 0.4) is 0 Å². The van der Waals surface area contributed by atoms with Gasteiger partial charge in [-0.2, -0.15) is 0 Å². The Hall–Kier alpha value is -1.79. The minimum atomic E-state index is -1.05. The molecule has 1 aromatic rings. The lowest BCUT2D eigenvalue weighted by atomic mass is 10.1. The maximum absolute atomic E-state index is 11.0. The largest absolute Gasteiger partial charge is 0.482 e. The number of benzene rings is 1. The topological polar surface area (TPSA) is 87.1 Å². The van der Waals surface area contributed by atoms with Gasteiger partial charge in [0.2, 0.25) is 0 Å². The summed E-state index contributed by atoms with van der Waals surface area (Å²) < 4.78 is 5.24. The number of rotatable bonds is 6. The van der Waals surface area contributed by atoms with Crippen molar-refractivity contribution in [3.8, 4) is 5.75 Å². The number of ether oxygens (including phenoxy) is 1. The minimum Gasteiger partial charge on any atom is -0.482 e. The van der Waals surface area contributed by atoms with Crippen LogP contribution in [0.1, 0.15) is 12.0 Å². The second-order valence-corrected chi connectivity index (χ2v) is 5.43. The zero-order valence-corrected chi connectivity index (χ0v) is 12.0. The van der Waals surface area contributed by atoms with Crippen molar-refractivity contribution in [1.29, 1.82) is 0 Å². The molecule has 2 rings (SSSR count). The molecule has 1 unspecified atom stereocenters. The highest BCUT2D eigenvalue weighted by Gasteiger charge is 2.28. The molecule has 1 saturated heterocycles. The summed E-state index contributed by atoms with van der Waals surface area (Å²) in [5.74, 6) is -1.73. The van der Waals surface area contributed by atoms with E-state index < -0.39 is 18.5 Å². The Morgan fingerprint density at radius 2 is 2.14 bits per heavy atom. The smallest absolute Gasteiger partial charge is 0.341 e. The van der Waals surface area contributed by atoms with Crippen molar-refractivity contribution in [3.05, 3.63) is 28.8 Å². The molecule has 21 heavy (non-hydrogen) atoms. The first-order chi connectivity index (χ1) is 9.95. The van der Waals surface area contributed by atoms with E-state index in [9.17, 15) is 9.59 Å². The van der Waals surface area contributed by atoms with Gasteiger partial charge in [0.25, 0.3) is 0 Å². The van der Waals surface area contributed by atoms with E-state index >= 15 is 0 Å². The van der Waals surface area contributed by atoms with Gasteiger partial charge in [-0.3, -0.25) is 9.69 Å². The molecule has 0 aromatic heterocycles. The molecule has 0 spiro atoms. The van der Waals surface area contributed by atoms with Gasteiger partial charge in [0, 0.05) is 23.7 Å². The van der Waals surface area contributed by atoms with E-state index in [1.165, 1.54) is 0 Å². The third-order valence-corrected chi connectivity index (χ3v) is 3.62. The van der Waals surface area contributed by atoms with E-state index in [2.05, 4.69) is 0 Å². The first-order valence-corrected chi connectivity index (χ1v) is 6.91. The summed E-state index contributed by atoms with van der Waals surface area (Å²) in [6.45, 7) is 1.22. The lowest BCUT2D eigenvalue weighted by molar-refractivity contribution is -0.141. The quantitative estimate of drug-likeness (QED) is 0.831. The molecule has 1 aliphatic rings. The number of hydrogen-bond acceptors (Lipinski definition) is 4. The summed E-state index contributed by atoms with van der Waals surface area (Å²) in [7, 11) is 0. The van der Waals surface area contributed by atoms with Gasteiger partial charge < -0.3 is 14.9 Å². The Labute approximate surface area is 126 Å². The first-order valence-electron chi connectivity index (χ1n) is 6.54. The Morgan fingerprint density at radius 3 is 2.76 bits per heavy atom. The summed E-state index contributed by atoms with van der Waals surface area (Å²) in [5.41, 5.74) is 0.759. The predicted molar refractivity (Wildman–Crippen MR) is 75.6 cm³/mol. The van der Waals surface area contributed by atoms with E-state index in [1.807, 2.05) is 4.90 Å². The van der Waals surface area contributed by atoms with Crippen LogP contribution in [0.15, 0.2) is 18.2 Å². The van der Waals surface area contributed by atoms with Crippen LogP contribution >= 0.6 is 11.6 Å². The highest BCUT2D eigenvalue weighted by molar-refractivity contribution is 6.30. The predicted octanol–water partition coefficient (Wildman–Crippen LogP) is 1.71. The van der Waals surface area contributed by atoms with Gasteiger partial charge in [-0.15, -0.1) is 0 Å². The van der Waals surface area contributed by atoms with Crippen molar-refractivity contribution in [2.75, 3.05) is 19.7 Å². The second-order valence-electron chi connectivity index (χ2n) is 4.99. The van der Waals surface area contributed by atoms with Gasteiger partial charge in [0.15, 0.2) is 6.61 Å². The number of nitrogens with zero attached hydrogens (tertiary/aromatic N) is 1.